The van der Waals surface area contributed by atoms with Crippen LogP contribution >= 0.6 is 0 Å². The molecule has 0 spiro atoms. The minimum atomic E-state index is -2.84. The normalized spacial score (nSPS) is 47.8. The fourth-order valence-electron chi connectivity index (χ4n) is 2.24. The predicted octanol–water partition coefficient (Wildman–Crippen LogP) is -0.831. The van der Waals surface area contributed by atoms with Gasteiger partial charge in [-0.3, -0.25) is 11.3 Å². The molecule has 0 saturated heterocycles. The highest BCUT2D eigenvalue weighted by Gasteiger charge is 2.72. The van der Waals surface area contributed by atoms with Gasteiger partial charge in [-0.25, -0.2) is 8.42 Å². The van der Waals surface area contributed by atoms with Crippen molar-refractivity contribution < 1.29 is 8.42 Å². The van der Waals surface area contributed by atoms with E-state index in [0.29, 0.717) is 19.3 Å². The van der Waals surface area contributed by atoms with E-state index in [2.05, 4.69) is 5.43 Å². The Kier molecular flexibility index (Phi) is 1.11. The fourth-order valence-corrected chi connectivity index (χ4v) is 3.86. The van der Waals surface area contributed by atoms with Crippen LogP contribution < -0.4 is 11.3 Å². The van der Waals surface area contributed by atoms with E-state index >= 15 is 0 Å². The molecule has 5 heteroatoms. The monoisotopic (exact) mass is 176 g/mol. The molecule has 4 nitrogen and oxygen atoms in total. The van der Waals surface area contributed by atoms with Crippen molar-refractivity contribution in [1.29, 1.82) is 0 Å². The van der Waals surface area contributed by atoms with Gasteiger partial charge >= 0.3 is 0 Å². The summed E-state index contributed by atoms with van der Waals surface area (Å²) < 4.78 is 21.9. The molecule has 11 heavy (non-hydrogen) atoms. The van der Waals surface area contributed by atoms with Crippen molar-refractivity contribution in [2.45, 2.75) is 29.5 Å². The molecule has 0 heterocycles. The van der Waals surface area contributed by atoms with Gasteiger partial charge in [0.1, 0.15) is 0 Å². The van der Waals surface area contributed by atoms with Gasteiger partial charge in [0.15, 0.2) is 9.84 Å². The second kappa shape index (κ2) is 1.62. The van der Waals surface area contributed by atoms with Gasteiger partial charge in [-0.2, -0.15) is 0 Å². The number of nitrogens with one attached hydrogen (secondary N) is 1. The lowest BCUT2D eigenvalue weighted by Gasteiger charge is -2.68. The van der Waals surface area contributed by atoms with E-state index in [1.54, 1.807) is 0 Å². The molecule has 3 N–H and O–H groups in total. The van der Waals surface area contributed by atoms with Gasteiger partial charge in [0.05, 0.1) is 4.75 Å². The first-order valence-electron chi connectivity index (χ1n) is 3.61. The highest BCUT2D eigenvalue weighted by molar-refractivity contribution is 7.92. The third kappa shape index (κ3) is 0.685. The molecule has 3 aliphatic carbocycles. The molecule has 3 aliphatic rings. The summed E-state index contributed by atoms with van der Waals surface area (Å²) in [5.41, 5.74) is 2.65. The maximum atomic E-state index is 11.2. The topological polar surface area (TPSA) is 72.2 Å². The van der Waals surface area contributed by atoms with Crippen molar-refractivity contribution >= 4 is 9.84 Å². The highest BCUT2D eigenvalue weighted by Crippen LogP contribution is 2.64. The van der Waals surface area contributed by atoms with E-state index in [-0.39, 0.29) is 5.54 Å². The predicted molar refractivity (Wildman–Crippen MR) is 41.5 cm³/mol. The molecular weight excluding hydrogens is 164 g/mol. The zero-order chi connectivity index (χ0) is 8.33. The van der Waals surface area contributed by atoms with Gasteiger partial charge < -0.3 is 0 Å². The number of rotatable bonds is 2. The molecule has 64 valence electrons. The molecule has 0 aromatic heterocycles. The van der Waals surface area contributed by atoms with Crippen LogP contribution in [0.15, 0.2) is 0 Å². The number of hydrogen-bond acceptors (Lipinski definition) is 4. The lowest BCUT2D eigenvalue weighted by Crippen LogP contribution is -2.81. The average Bonchev–Trinajstić information content (AvgIpc) is 1.53. The SMILES string of the molecule is CS(=O)(=O)C12CC(NN)(C1)C2. The van der Waals surface area contributed by atoms with Crippen LogP contribution in [-0.2, 0) is 9.84 Å². The number of hydrogen-bond donors (Lipinski definition) is 2. The Morgan fingerprint density at radius 3 is 2.09 bits per heavy atom. The zero-order valence-electron chi connectivity index (χ0n) is 6.42. The smallest absolute Gasteiger partial charge is 0.153 e. The molecule has 3 fully saturated rings. The van der Waals surface area contributed by atoms with Crippen molar-refractivity contribution in [2.24, 2.45) is 5.84 Å². The van der Waals surface area contributed by atoms with E-state index in [1.807, 2.05) is 0 Å². The average molecular weight is 176 g/mol. The van der Waals surface area contributed by atoms with Crippen LogP contribution in [0, 0.1) is 0 Å². The van der Waals surface area contributed by atoms with Gasteiger partial charge in [0, 0.05) is 11.8 Å². The Morgan fingerprint density at radius 1 is 1.36 bits per heavy atom. The first-order chi connectivity index (χ1) is 4.93. The van der Waals surface area contributed by atoms with Crippen LogP contribution in [-0.4, -0.2) is 25.0 Å². The van der Waals surface area contributed by atoms with Gasteiger partial charge in [-0.05, 0) is 19.3 Å². The highest BCUT2D eigenvalue weighted by atomic mass is 32.2. The van der Waals surface area contributed by atoms with E-state index < -0.39 is 14.6 Å². The van der Waals surface area contributed by atoms with Crippen molar-refractivity contribution in [3.63, 3.8) is 0 Å². The van der Waals surface area contributed by atoms with E-state index in [9.17, 15) is 8.42 Å². The molecule has 0 unspecified atom stereocenters. The molecule has 3 rings (SSSR count). The molecule has 0 aliphatic heterocycles. The van der Waals surface area contributed by atoms with Gasteiger partial charge in [0.25, 0.3) is 0 Å². The second-order valence-corrected chi connectivity index (χ2v) is 6.32. The van der Waals surface area contributed by atoms with Crippen LogP contribution in [0.5, 0.6) is 0 Å². The van der Waals surface area contributed by atoms with E-state index in [0.717, 1.165) is 0 Å². The van der Waals surface area contributed by atoms with Crippen molar-refractivity contribution in [2.75, 3.05) is 6.26 Å². The third-order valence-corrected chi connectivity index (χ3v) is 5.08. The zero-order valence-corrected chi connectivity index (χ0v) is 7.24. The molecule has 0 radical (unpaired) electrons. The Bertz CT molecular complexity index is 276. The number of hydrazine groups is 1. The van der Waals surface area contributed by atoms with Crippen molar-refractivity contribution in [3.05, 3.63) is 0 Å². The largest absolute Gasteiger partial charge is 0.271 e. The molecule has 0 aromatic carbocycles. The number of nitrogens with two attached hydrogens (primary N) is 1. The minimum absolute atomic E-state index is 0.0247. The summed E-state index contributed by atoms with van der Waals surface area (Å²) >= 11 is 0. The Balaban J connectivity index is 2.17. The summed E-state index contributed by atoms with van der Waals surface area (Å²) in [7, 11) is -2.84. The summed E-state index contributed by atoms with van der Waals surface area (Å²) in [5.74, 6) is 5.26. The molecule has 2 bridgehead atoms. The maximum Gasteiger partial charge on any atom is 0.153 e. The lowest BCUT2D eigenvalue weighted by molar-refractivity contribution is -0.0252. The van der Waals surface area contributed by atoms with Crippen LogP contribution in [0.3, 0.4) is 0 Å². The fraction of sp³-hybridized carbons (Fsp3) is 1.00. The summed E-state index contributed by atoms with van der Waals surface area (Å²) in [5, 5.41) is 0. The quantitative estimate of drug-likeness (QED) is 0.425. The maximum absolute atomic E-state index is 11.2. The third-order valence-electron chi connectivity index (χ3n) is 3.07. The van der Waals surface area contributed by atoms with Crippen molar-refractivity contribution in [3.8, 4) is 0 Å². The van der Waals surface area contributed by atoms with Gasteiger partial charge in [-0.15, -0.1) is 0 Å². The van der Waals surface area contributed by atoms with Crippen LogP contribution in [0.4, 0.5) is 0 Å². The van der Waals surface area contributed by atoms with Gasteiger partial charge in [0.2, 0.25) is 0 Å². The summed E-state index contributed by atoms with van der Waals surface area (Å²) in [6, 6.07) is 0. The molecule has 3 saturated carbocycles. The van der Waals surface area contributed by atoms with Crippen LogP contribution in [0.25, 0.3) is 0 Å². The van der Waals surface area contributed by atoms with Gasteiger partial charge in [-0.1, -0.05) is 0 Å². The lowest BCUT2D eigenvalue weighted by atomic mass is 9.49. The van der Waals surface area contributed by atoms with Crippen LogP contribution in [0.1, 0.15) is 19.3 Å². The minimum Gasteiger partial charge on any atom is -0.271 e. The molecule has 0 atom stereocenters. The van der Waals surface area contributed by atoms with E-state index in [4.69, 9.17) is 5.84 Å². The van der Waals surface area contributed by atoms with Crippen molar-refractivity contribution in [1.82, 2.24) is 5.43 Å². The first-order valence-corrected chi connectivity index (χ1v) is 5.50. The summed E-state index contributed by atoms with van der Waals surface area (Å²) in [4.78, 5) is 0. The second-order valence-electron chi connectivity index (χ2n) is 3.91. The Hall–Kier alpha value is -0.130. The standard InChI is InChI=1S/C6H12N2O2S/c1-11(9,10)6-2-5(3-6,4-6)8-7/h8H,2-4,7H2,1H3. The molecule has 0 amide bonds. The number of sulfone groups is 1. The van der Waals surface area contributed by atoms with Crippen LogP contribution in [0.2, 0.25) is 0 Å². The molecule has 0 aromatic rings. The first kappa shape index (κ1) is 7.52. The summed E-state index contributed by atoms with van der Waals surface area (Å²) in [6.07, 6.45) is 3.42. The Morgan fingerprint density at radius 2 is 1.82 bits per heavy atom. The Labute approximate surface area is 66.0 Å². The molecular formula is C6H12N2O2S. The van der Waals surface area contributed by atoms with E-state index in [1.165, 1.54) is 6.26 Å². The summed E-state index contributed by atoms with van der Waals surface area (Å²) in [6.45, 7) is 0.